The maximum atomic E-state index is 12.8. The average molecular weight is 1120 g/mol. The quantitative estimate of drug-likeness (QED) is 0.0195. The Morgan fingerprint density at radius 2 is 0.731 bits per heavy atom. The summed E-state index contributed by atoms with van der Waals surface area (Å²) in [5.41, 5.74) is 0. The monoisotopic (exact) mass is 1120 g/mol. The van der Waals surface area contributed by atoms with Crippen LogP contribution in [-0.2, 0) is 32.7 Å². The number of carbonyl (C=O) groups is 2. The first-order chi connectivity index (χ1) is 38.0. The molecule has 0 radical (unpaired) electrons. The zero-order chi connectivity index (χ0) is 57.0. The van der Waals surface area contributed by atoms with E-state index in [1.807, 2.05) is 21.1 Å². The minimum Gasteiger partial charge on any atom is -0.756 e. The molecule has 0 heterocycles. The van der Waals surface area contributed by atoms with E-state index in [1.54, 1.807) is 0 Å². The Morgan fingerprint density at radius 1 is 0.410 bits per heavy atom. The van der Waals surface area contributed by atoms with Crippen molar-refractivity contribution in [1.29, 1.82) is 0 Å². The molecule has 78 heavy (non-hydrogen) atoms. The summed E-state index contributed by atoms with van der Waals surface area (Å²) in [5, 5.41) is 0. The van der Waals surface area contributed by atoms with E-state index >= 15 is 0 Å². The van der Waals surface area contributed by atoms with Crippen LogP contribution in [0, 0.1) is 0 Å². The minimum atomic E-state index is -4.63. The van der Waals surface area contributed by atoms with Gasteiger partial charge in [0.05, 0.1) is 27.7 Å². The fraction of sp³-hybridized carbons (Fsp3) is 0.853. The van der Waals surface area contributed by atoms with E-state index in [2.05, 4.69) is 62.5 Å². The van der Waals surface area contributed by atoms with Gasteiger partial charge in [0.15, 0.2) is 6.10 Å². The van der Waals surface area contributed by atoms with E-state index in [4.69, 9.17) is 18.5 Å². The van der Waals surface area contributed by atoms with Gasteiger partial charge in [0.25, 0.3) is 7.82 Å². The van der Waals surface area contributed by atoms with Crippen LogP contribution in [-0.4, -0.2) is 70.0 Å². The molecule has 0 aliphatic rings. The highest BCUT2D eigenvalue weighted by molar-refractivity contribution is 7.45. The van der Waals surface area contributed by atoms with Crippen LogP contribution in [0.3, 0.4) is 0 Å². The van der Waals surface area contributed by atoms with Crippen LogP contribution in [0.25, 0.3) is 0 Å². The third kappa shape index (κ3) is 63.2. The van der Waals surface area contributed by atoms with Crippen molar-refractivity contribution in [2.24, 2.45) is 0 Å². The summed E-state index contributed by atoms with van der Waals surface area (Å²) in [6.45, 7) is 4.19. The van der Waals surface area contributed by atoms with Gasteiger partial charge in [0, 0.05) is 12.8 Å². The topological polar surface area (TPSA) is 111 Å². The number of nitrogens with zero attached hydrogens (tertiary/aromatic N) is 1. The lowest BCUT2D eigenvalue weighted by atomic mass is 10.0. The van der Waals surface area contributed by atoms with Gasteiger partial charge in [-0.15, -0.1) is 0 Å². The highest BCUT2D eigenvalue weighted by atomic mass is 31.2. The summed E-state index contributed by atoms with van der Waals surface area (Å²) in [5.74, 6) is -0.813. The van der Waals surface area contributed by atoms with Crippen molar-refractivity contribution < 1.29 is 42.1 Å². The number of hydrogen-bond acceptors (Lipinski definition) is 8. The number of allylic oxidation sites excluding steroid dienone is 8. The van der Waals surface area contributed by atoms with Crippen molar-refractivity contribution in [3.8, 4) is 0 Å². The predicted molar refractivity (Wildman–Crippen MR) is 333 cm³/mol. The molecule has 458 valence electrons. The van der Waals surface area contributed by atoms with E-state index in [1.165, 1.54) is 231 Å². The Labute approximate surface area is 484 Å². The molecule has 2 unspecified atom stereocenters. The van der Waals surface area contributed by atoms with Crippen LogP contribution in [0.5, 0.6) is 0 Å². The molecule has 0 aromatic carbocycles. The van der Waals surface area contributed by atoms with Gasteiger partial charge in [0.1, 0.15) is 19.8 Å². The molecule has 0 bridgehead atoms. The number of carbonyl (C=O) groups excluding carboxylic acids is 2. The number of likely N-dealkylation sites (N-methyl/N-ethyl adjacent to an activating group) is 1. The van der Waals surface area contributed by atoms with Crippen molar-refractivity contribution >= 4 is 19.8 Å². The summed E-state index contributed by atoms with van der Waals surface area (Å²) < 4.78 is 34.3. The zero-order valence-corrected chi connectivity index (χ0v) is 53.0. The molecule has 10 heteroatoms. The van der Waals surface area contributed by atoms with Crippen LogP contribution in [0.4, 0.5) is 0 Å². The molecule has 0 aliphatic carbocycles. The highest BCUT2D eigenvalue weighted by Crippen LogP contribution is 2.38. The number of phosphoric acid groups is 1. The fourth-order valence-corrected chi connectivity index (χ4v) is 10.5. The van der Waals surface area contributed by atoms with Crippen molar-refractivity contribution in [3.63, 3.8) is 0 Å². The maximum Gasteiger partial charge on any atom is 0.306 e. The summed E-state index contributed by atoms with van der Waals surface area (Å²) >= 11 is 0. The van der Waals surface area contributed by atoms with Crippen molar-refractivity contribution in [1.82, 2.24) is 0 Å². The molecule has 0 spiro atoms. The number of rotatable bonds is 62. The number of quaternary nitrogens is 1. The Hall–Kier alpha value is -2.03. The second-order valence-electron chi connectivity index (χ2n) is 23.8. The summed E-state index contributed by atoms with van der Waals surface area (Å²) in [6, 6.07) is 0. The van der Waals surface area contributed by atoms with E-state index in [-0.39, 0.29) is 32.0 Å². The lowest BCUT2D eigenvalue weighted by Crippen LogP contribution is -2.37. The molecule has 0 fully saturated rings. The molecule has 0 amide bonds. The Morgan fingerprint density at radius 3 is 1.09 bits per heavy atom. The lowest BCUT2D eigenvalue weighted by molar-refractivity contribution is -0.870. The van der Waals surface area contributed by atoms with E-state index in [0.717, 1.165) is 57.8 Å². The second-order valence-corrected chi connectivity index (χ2v) is 25.2. The molecule has 0 aromatic rings. The van der Waals surface area contributed by atoms with Crippen molar-refractivity contribution in [2.75, 3.05) is 47.5 Å². The van der Waals surface area contributed by atoms with E-state index in [9.17, 15) is 19.0 Å². The summed E-state index contributed by atoms with van der Waals surface area (Å²) in [4.78, 5) is 38.0. The van der Waals surface area contributed by atoms with Crippen LogP contribution in [0.1, 0.15) is 322 Å². The highest BCUT2D eigenvalue weighted by Gasteiger charge is 2.22. The number of hydrogen-bond donors (Lipinski definition) is 0. The number of phosphoric ester groups is 1. The first-order valence-electron chi connectivity index (χ1n) is 33.3. The second kappa shape index (κ2) is 59.6. The molecule has 0 rings (SSSR count). The number of esters is 2. The molecule has 0 aromatic heterocycles. The van der Waals surface area contributed by atoms with Crippen LogP contribution in [0.2, 0.25) is 0 Å². The molecule has 0 aliphatic heterocycles. The average Bonchev–Trinajstić information content (AvgIpc) is 3.41. The molecular weight excluding hydrogens is 990 g/mol. The van der Waals surface area contributed by atoms with Gasteiger partial charge in [-0.05, 0) is 51.4 Å². The number of ether oxygens (including phenoxy) is 2. The maximum absolute atomic E-state index is 12.8. The zero-order valence-electron chi connectivity index (χ0n) is 52.1. The van der Waals surface area contributed by atoms with Crippen LogP contribution >= 0.6 is 7.82 Å². The first kappa shape index (κ1) is 76.0. The smallest absolute Gasteiger partial charge is 0.306 e. The molecule has 0 N–H and O–H groups in total. The van der Waals surface area contributed by atoms with Gasteiger partial charge in [-0.2, -0.15) is 0 Å². The third-order valence-corrected chi connectivity index (χ3v) is 15.8. The third-order valence-electron chi connectivity index (χ3n) is 14.9. The van der Waals surface area contributed by atoms with Gasteiger partial charge in [-0.25, -0.2) is 0 Å². The van der Waals surface area contributed by atoms with Crippen molar-refractivity contribution in [2.45, 2.75) is 328 Å². The Bertz CT molecular complexity index is 1460. The molecule has 0 saturated heterocycles. The fourth-order valence-electron chi connectivity index (χ4n) is 9.77. The van der Waals surface area contributed by atoms with Gasteiger partial charge in [0.2, 0.25) is 0 Å². The SMILES string of the molecule is CC/C=C\C/C=C\C/C=C\C/C=C\CCCCCCCCCCCCCCCCCCCCCCCCC(=O)OC(COC(=O)CCCCCCCCCCCCCCCCCCCCC)COP(=O)([O-])OCC[N+](C)(C)C. The molecule has 2 atom stereocenters. The van der Waals surface area contributed by atoms with Crippen LogP contribution in [0.15, 0.2) is 48.6 Å². The first-order valence-corrected chi connectivity index (χ1v) is 34.8. The summed E-state index contributed by atoms with van der Waals surface area (Å²) in [7, 11) is 1.18. The Balaban J connectivity index is 3.97. The predicted octanol–water partition coefficient (Wildman–Crippen LogP) is 20.6. The molecule has 0 saturated carbocycles. The van der Waals surface area contributed by atoms with Crippen molar-refractivity contribution in [3.05, 3.63) is 48.6 Å². The standard InChI is InChI=1S/C68H128NO8P/c1-6-8-10-12-14-16-18-20-22-24-26-27-28-29-30-31-32-33-34-35-36-37-38-39-40-41-43-45-47-49-51-53-55-57-59-61-68(71)77-66(65-76-78(72,73)75-63-62-69(3,4)5)64-74-67(70)60-58-56-54-52-50-48-46-44-42-25-23-21-19-17-15-13-11-9-7-2/h8,10,14,16,20,22,26-27,66H,6-7,9,11-13,15,17-19,21,23-25,28-65H2,1-5H3/b10-8-,16-14-,22-20-,27-26-. The normalized spacial score (nSPS) is 13.5. The van der Waals surface area contributed by atoms with Crippen LogP contribution < -0.4 is 4.89 Å². The van der Waals surface area contributed by atoms with Gasteiger partial charge < -0.3 is 27.9 Å². The minimum absolute atomic E-state index is 0.0277. The number of unbranched alkanes of at least 4 members (excludes halogenated alkanes) is 40. The van der Waals surface area contributed by atoms with Gasteiger partial charge in [-0.3, -0.25) is 14.2 Å². The van der Waals surface area contributed by atoms with Gasteiger partial charge in [-0.1, -0.05) is 306 Å². The lowest BCUT2D eigenvalue weighted by Gasteiger charge is -2.28. The summed E-state index contributed by atoms with van der Waals surface area (Å²) in [6.07, 6.45) is 76.2. The largest absolute Gasteiger partial charge is 0.756 e. The van der Waals surface area contributed by atoms with Gasteiger partial charge >= 0.3 is 11.9 Å². The van der Waals surface area contributed by atoms with E-state index in [0.29, 0.717) is 17.4 Å². The van der Waals surface area contributed by atoms with E-state index < -0.39 is 26.5 Å². The molecular formula is C68H128NO8P. The molecule has 9 nitrogen and oxygen atoms in total. The Kier molecular flexibility index (Phi) is 58.0.